The zero-order chi connectivity index (χ0) is 15.3. The molecule has 0 bridgehead atoms. The highest BCUT2D eigenvalue weighted by molar-refractivity contribution is 6.30. The van der Waals surface area contributed by atoms with E-state index in [1.165, 1.54) is 17.3 Å². The molecule has 8 heteroatoms. The number of rotatable bonds is 1. The third kappa shape index (κ3) is 1.92. The number of aromatic nitrogens is 4. The fraction of sp³-hybridized carbons (Fsp3) is 0.0714. The van der Waals surface area contributed by atoms with E-state index in [1.807, 2.05) is 12.1 Å². The van der Waals surface area contributed by atoms with Crippen LogP contribution in [0.1, 0.15) is 21.7 Å². The van der Waals surface area contributed by atoms with E-state index in [1.54, 1.807) is 12.1 Å². The van der Waals surface area contributed by atoms with Gasteiger partial charge in [0.1, 0.15) is 16.7 Å². The maximum absolute atomic E-state index is 12.5. The van der Waals surface area contributed by atoms with Crippen molar-refractivity contribution in [3.63, 3.8) is 0 Å². The van der Waals surface area contributed by atoms with Crippen LogP contribution in [0, 0.1) is 0 Å². The van der Waals surface area contributed by atoms with Gasteiger partial charge in [0.15, 0.2) is 16.8 Å². The fourth-order valence-electron chi connectivity index (χ4n) is 2.35. The zero-order valence-electron chi connectivity index (χ0n) is 10.9. The number of hydrogen-bond acceptors (Lipinski definition) is 5. The van der Waals surface area contributed by atoms with Gasteiger partial charge in [0, 0.05) is 17.8 Å². The number of hydrogen-bond donors (Lipinski definition) is 0. The molecule has 0 spiro atoms. The average Bonchev–Trinajstić information content (AvgIpc) is 2.79. The highest BCUT2D eigenvalue weighted by Crippen LogP contribution is 2.37. The Kier molecular flexibility index (Phi) is 2.95. The van der Waals surface area contributed by atoms with Crippen molar-refractivity contribution in [1.82, 2.24) is 19.9 Å². The Labute approximate surface area is 134 Å². The highest BCUT2D eigenvalue weighted by atomic mass is 35.5. The Morgan fingerprint density at radius 1 is 1.05 bits per heavy atom. The van der Waals surface area contributed by atoms with Crippen LogP contribution in [0.5, 0.6) is 0 Å². The molecule has 1 atom stereocenters. The maximum atomic E-state index is 12.5. The highest BCUT2D eigenvalue weighted by Gasteiger charge is 2.39. The van der Waals surface area contributed by atoms with E-state index in [2.05, 4.69) is 19.9 Å². The maximum Gasteiger partial charge on any atom is 0.281 e. The molecule has 1 amide bonds. The van der Waals surface area contributed by atoms with E-state index in [0.717, 1.165) is 5.39 Å². The number of fused-ring (bicyclic) bond motifs is 2. The van der Waals surface area contributed by atoms with Crippen LogP contribution in [-0.2, 0) is 0 Å². The number of nitrogens with zero attached hydrogens (tertiary/aromatic N) is 5. The second-order valence-electron chi connectivity index (χ2n) is 4.65. The monoisotopic (exact) mass is 331 g/mol. The molecule has 0 radical (unpaired) electrons. The van der Waals surface area contributed by atoms with Crippen LogP contribution in [0.3, 0.4) is 0 Å². The summed E-state index contributed by atoms with van der Waals surface area (Å²) < 4.78 is 0. The second kappa shape index (κ2) is 4.86. The minimum atomic E-state index is -0.750. The smallest absolute Gasteiger partial charge is 0.268 e. The molecule has 1 aliphatic rings. The summed E-state index contributed by atoms with van der Waals surface area (Å²) in [5.74, 6) is 0.0454. The van der Waals surface area contributed by atoms with Crippen LogP contribution in [0.2, 0.25) is 5.15 Å². The molecule has 0 aliphatic carbocycles. The summed E-state index contributed by atoms with van der Waals surface area (Å²) in [5.41, 5.74) is 0.359. The number of alkyl halides is 1. The molecule has 4 heterocycles. The normalized spacial score (nSPS) is 17.1. The minimum Gasteiger partial charge on any atom is -0.268 e. The molecular weight excluding hydrogens is 325 g/mol. The predicted octanol–water partition coefficient (Wildman–Crippen LogP) is 2.97. The fourth-order valence-corrected chi connectivity index (χ4v) is 2.84. The van der Waals surface area contributed by atoms with Crippen LogP contribution >= 0.6 is 23.2 Å². The molecule has 22 heavy (non-hydrogen) atoms. The molecule has 1 unspecified atom stereocenters. The summed E-state index contributed by atoms with van der Waals surface area (Å²) >= 11 is 12.2. The van der Waals surface area contributed by atoms with Gasteiger partial charge >= 0.3 is 0 Å². The summed E-state index contributed by atoms with van der Waals surface area (Å²) in [6, 6.07) is 7.00. The molecule has 4 rings (SSSR count). The third-order valence-corrected chi connectivity index (χ3v) is 3.96. The topological polar surface area (TPSA) is 71.9 Å². The van der Waals surface area contributed by atoms with Gasteiger partial charge in [-0.15, -0.1) is 0 Å². The van der Waals surface area contributed by atoms with Gasteiger partial charge in [-0.05, 0) is 24.3 Å². The quantitative estimate of drug-likeness (QED) is 0.389. The van der Waals surface area contributed by atoms with Crippen molar-refractivity contribution in [2.75, 3.05) is 4.90 Å². The summed E-state index contributed by atoms with van der Waals surface area (Å²) in [6.45, 7) is 0. The van der Waals surface area contributed by atoms with E-state index < -0.39 is 5.50 Å². The lowest BCUT2D eigenvalue weighted by Crippen LogP contribution is -2.26. The molecule has 0 saturated carbocycles. The van der Waals surface area contributed by atoms with Gasteiger partial charge in [0.25, 0.3) is 5.91 Å². The van der Waals surface area contributed by atoms with Crippen molar-refractivity contribution in [2.24, 2.45) is 0 Å². The Morgan fingerprint density at radius 3 is 2.64 bits per heavy atom. The first-order chi connectivity index (χ1) is 10.6. The van der Waals surface area contributed by atoms with Gasteiger partial charge in [-0.3, -0.25) is 14.7 Å². The SMILES string of the molecule is O=C1c2nccnc2C(Cl)N1c1ccc2ccc(Cl)nc2n1. The molecule has 108 valence electrons. The van der Waals surface area contributed by atoms with Crippen molar-refractivity contribution in [1.29, 1.82) is 0 Å². The van der Waals surface area contributed by atoms with Crippen molar-refractivity contribution in [2.45, 2.75) is 5.50 Å². The Balaban J connectivity index is 1.84. The number of halogens is 2. The van der Waals surface area contributed by atoms with Crippen LogP contribution in [0.15, 0.2) is 36.7 Å². The lowest BCUT2D eigenvalue weighted by molar-refractivity contribution is 0.0991. The second-order valence-corrected chi connectivity index (χ2v) is 5.45. The van der Waals surface area contributed by atoms with Crippen molar-refractivity contribution < 1.29 is 4.79 Å². The molecular formula is C14H7Cl2N5O. The zero-order valence-corrected chi connectivity index (χ0v) is 12.5. The Bertz CT molecular complexity index is 917. The number of pyridine rings is 2. The van der Waals surface area contributed by atoms with Crippen molar-refractivity contribution in [3.8, 4) is 0 Å². The lowest BCUT2D eigenvalue weighted by Gasteiger charge is -2.18. The standard InChI is InChI=1S/C14H7Cl2N5O/c15-8-3-1-7-2-4-9(20-13(7)19-8)21-12(16)10-11(14(21)22)18-6-5-17-10/h1-6,12H. The van der Waals surface area contributed by atoms with E-state index in [-0.39, 0.29) is 11.6 Å². The first-order valence-electron chi connectivity index (χ1n) is 6.37. The number of carbonyl (C=O) groups excluding carboxylic acids is 1. The van der Waals surface area contributed by atoms with Gasteiger partial charge in [-0.25, -0.2) is 15.0 Å². The van der Waals surface area contributed by atoms with Gasteiger partial charge in [0.2, 0.25) is 0 Å². The number of amides is 1. The van der Waals surface area contributed by atoms with E-state index >= 15 is 0 Å². The number of anilines is 1. The predicted molar refractivity (Wildman–Crippen MR) is 82.0 cm³/mol. The van der Waals surface area contributed by atoms with Gasteiger partial charge in [0.05, 0.1) is 0 Å². The van der Waals surface area contributed by atoms with E-state index in [4.69, 9.17) is 23.2 Å². The summed E-state index contributed by atoms with van der Waals surface area (Å²) in [5, 5.41) is 1.15. The van der Waals surface area contributed by atoms with Crippen LogP contribution in [0.25, 0.3) is 11.0 Å². The average molecular weight is 332 g/mol. The Hall–Kier alpha value is -2.31. The van der Waals surface area contributed by atoms with Crippen LogP contribution in [-0.4, -0.2) is 25.8 Å². The molecule has 0 fully saturated rings. The van der Waals surface area contributed by atoms with Gasteiger partial charge in [-0.2, -0.15) is 0 Å². The largest absolute Gasteiger partial charge is 0.281 e. The molecule has 1 aliphatic heterocycles. The van der Waals surface area contributed by atoms with Crippen LogP contribution in [0.4, 0.5) is 5.82 Å². The van der Waals surface area contributed by atoms with E-state index in [9.17, 15) is 4.79 Å². The third-order valence-electron chi connectivity index (χ3n) is 3.35. The summed E-state index contributed by atoms with van der Waals surface area (Å²) in [7, 11) is 0. The summed E-state index contributed by atoms with van der Waals surface area (Å²) in [4.78, 5) is 30.5. The molecule has 0 saturated heterocycles. The van der Waals surface area contributed by atoms with E-state index in [0.29, 0.717) is 22.3 Å². The Morgan fingerprint density at radius 2 is 1.82 bits per heavy atom. The first-order valence-corrected chi connectivity index (χ1v) is 7.18. The van der Waals surface area contributed by atoms with Gasteiger partial charge < -0.3 is 0 Å². The van der Waals surface area contributed by atoms with Gasteiger partial charge in [-0.1, -0.05) is 23.2 Å². The molecule has 6 nitrogen and oxygen atoms in total. The molecule has 3 aromatic heterocycles. The van der Waals surface area contributed by atoms with Crippen LogP contribution < -0.4 is 4.90 Å². The number of carbonyl (C=O) groups is 1. The summed E-state index contributed by atoms with van der Waals surface area (Å²) in [6.07, 6.45) is 2.96. The minimum absolute atomic E-state index is 0.239. The first kappa shape index (κ1) is 13.4. The molecule has 3 aromatic rings. The lowest BCUT2D eigenvalue weighted by atomic mass is 10.3. The van der Waals surface area contributed by atoms with Crippen molar-refractivity contribution >= 4 is 46.0 Å². The molecule has 0 N–H and O–H groups in total. The molecule has 0 aromatic carbocycles. The van der Waals surface area contributed by atoms with Crippen molar-refractivity contribution in [3.05, 3.63) is 53.2 Å².